The zero-order valence-electron chi connectivity index (χ0n) is 17.7. The van der Waals surface area contributed by atoms with Gasteiger partial charge in [0.05, 0.1) is 12.2 Å². The molecule has 1 aromatic carbocycles. The molecule has 0 saturated heterocycles. The van der Waals surface area contributed by atoms with Crippen LogP contribution in [0.25, 0.3) is 6.08 Å². The van der Waals surface area contributed by atoms with E-state index in [0.29, 0.717) is 0 Å². The van der Waals surface area contributed by atoms with E-state index in [1.165, 1.54) is 0 Å². The summed E-state index contributed by atoms with van der Waals surface area (Å²) in [7, 11) is 0. The predicted molar refractivity (Wildman–Crippen MR) is 111 cm³/mol. The molecular weight excluding hydrogens is 320 g/mol. The summed E-state index contributed by atoms with van der Waals surface area (Å²) in [6.07, 6.45) is 4.69. The SMILES string of the molecule is CC1(C)C=C(C=Cc2ccccc2)C(O)C(C(C)(C)C)(C(C)(C)C)C1O. The molecule has 0 bridgehead atoms. The number of rotatable bonds is 2. The lowest BCUT2D eigenvalue weighted by atomic mass is 9.43. The summed E-state index contributed by atoms with van der Waals surface area (Å²) in [6, 6.07) is 10.1. The van der Waals surface area contributed by atoms with Gasteiger partial charge < -0.3 is 10.2 Å². The molecule has 1 aromatic rings. The van der Waals surface area contributed by atoms with E-state index >= 15 is 0 Å². The molecule has 0 radical (unpaired) electrons. The van der Waals surface area contributed by atoms with Crippen LogP contribution in [0, 0.1) is 21.7 Å². The van der Waals surface area contributed by atoms with Crippen LogP contribution < -0.4 is 0 Å². The quantitative estimate of drug-likeness (QED) is 0.738. The molecule has 2 unspecified atom stereocenters. The summed E-state index contributed by atoms with van der Waals surface area (Å²) >= 11 is 0. The van der Waals surface area contributed by atoms with E-state index in [2.05, 4.69) is 55.4 Å². The highest BCUT2D eigenvalue weighted by Gasteiger charge is 2.64. The highest BCUT2D eigenvalue weighted by molar-refractivity contribution is 5.54. The molecular formula is C24H36O2. The minimum absolute atomic E-state index is 0.290. The molecule has 0 spiro atoms. The Morgan fingerprint density at radius 3 is 1.81 bits per heavy atom. The first-order chi connectivity index (χ1) is 11.7. The van der Waals surface area contributed by atoms with Gasteiger partial charge in [0.15, 0.2) is 0 Å². The van der Waals surface area contributed by atoms with Crippen LogP contribution >= 0.6 is 0 Å². The number of aliphatic hydroxyl groups is 2. The Labute approximate surface area is 159 Å². The molecule has 2 heteroatoms. The van der Waals surface area contributed by atoms with Gasteiger partial charge in [0.1, 0.15) is 0 Å². The summed E-state index contributed by atoms with van der Waals surface area (Å²) in [5, 5.41) is 23.0. The van der Waals surface area contributed by atoms with Crippen molar-refractivity contribution in [3.63, 3.8) is 0 Å². The van der Waals surface area contributed by atoms with Gasteiger partial charge >= 0.3 is 0 Å². The van der Waals surface area contributed by atoms with E-state index in [0.717, 1.165) is 11.1 Å². The maximum Gasteiger partial charge on any atom is 0.0878 e. The van der Waals surface area contributed by atoms with Gasteiger partial charge in [-0.2, -0.15) is 0 Å². The number of aliphatic hydroxyl groups excluding tert-OH is 2. The van der Waals surface area contributed by atoms with Crippen molar-refractivity contribution in [3.8, 4) is 0 Å². The Morgan fingerprint density at radius 1 is 0.846 bits per heavy atom. The van der Waals surface area contributed by atoms with Crippen LogP contribution in [0.5, 0.6) is 0 Å². The van der Waals surface area contributed by atoms with Gasteiger partial charge in [-0.3, -0.25) is 0 Å². The molecule has 0 fully saturated rings. The molecule has 2 atom stereocenters. The zero-order chi connectivity index (χ0) is 20.0. The van der Waals surface area contributed by atoms with E-state index < -0.39 is 23.0 Å². The van der Waals surface area contributed by atoms with Crippen LogP contribution in [-0.2, 0) is 0 Å². The largest absolute Gasteiger partial charge is 0.392 e. The van der Waals surface area contributed by atoms with Gasteiger partial charge in [0.25, 0.3) is 0 Å². The molecule has 1 aliphatic rings. The highest BCUT2D eigenvalue weighted by Crippen LogP contribution is 2.62. The van der Waals surface area contributed by atoms with Crippen molar-refractivity contribution in [2.75, 3.05) is 0 Å². The predicted octanol–water partition coefficient (Wildman–Crippen LogP) is 5.47. The summed E-state index contributed by atoms with van der Waals surface area (Å²) < 4.78 is 0. The van der Waals surface area contributed by atoms with Gasteiger partial charge in [-0.25, -0.2) is 0 Å². The maximum atomic E-state index is 11.6. The monoisotopic (exact) mass is 356 g/mol. The van der Waals surface area contributed by atoms with Crippen LogP contribution in [0.2, 0.25) is 0 Å². The van der Waals surface area contributed by atoms with Gasteiger partial charge in [0.2, 0.25) is 0 Å². The summed E-state index contributed by atoms with van der Waals surface area (Å²) in [5.41, 5.74) is 0.281. The van der Waals surface area contributed by atoms with Crippen molar-refractivity contribution in [2.24, 2.45) is 21.7 Å². The standard InChI is InChI=1S/C24H36O2/c1-21(2,3)24(22(4,5)6)19(25)18(16-23(7,8)20(24)26)15-14-17-12-10-9-11-13-17/h9-16,19-20,25-26H,1-8H3. The number of hydrogen-bond donors (Lipinski definition) is 2. The maximum absolute atomic E-state index is 11.6. The fraction of sp³-hybridized carbons (Fsp3) is 0.583. The number of benzene rings is 1. The van der Waals surface area contributed by atoms with Crippen LogP contribution in [-0.4, -0.2) is 22.4 Å². The van der Waals surface area contributed by atoms with E-state index in [-0.39, 0.29) is 10.8 Å². The molecule has 26 heavy (non-hydrogen) atoms. The molecule has 0 heterocycles. The Morgan fingerprint density at radius 2 is 1.35 bits per heavy atom. The molecule has 1 aliphatic carbocycles. The van der Waals surface area contributed by atoms with E-state index in [9.17, 15) is 10.2 Å². The molecule has 144 valence electrons. The second-order valence-corrected chi connectivity index (χ2v) is 10.4. The van der Waals surface area contributed by atoms with Crippen molar-refractivity contribution in [2.45, 2.75) is 67.6 Å². The molecule has 2 N–H and O–H groups in total. The lowest BCUT2D eigenvalue weighted by molar-refractivity contribution is -0.214. The second kappa shape index (κ2) is 6.65. The fourth-order valence-corrected chi connectivity index (χ4v) is 5.25. The Balaban J connectivity index is 2.63. The molecule has 0 aromatic heterocycles. The number of hydrogen-bond acceptors (Lipinski definition) is 2. The van der Waals surface area contributed by atoms with Crippen LogP contribution in [0.15, 0.2) is 48.1 Å². The minimum atomic E-state index is -0.745. The molecule has 2 nitrogen and oxygen atoms in total. The molecule has 0 aliphatic heterocycles. The van der Waals surface area contributed by atoms with E-state index in [1.54, 1.807) is 0 Å². The Kier molecular flexibility index (Phi) is 5.35. The smallest absolute Gasteiger partial charge is 0.0878 e. The van der Waals surface area contributed by atoms with Crippen molar-refractivity contribution in [3.05, 3.63) is 53.6 Å². The minimum Gasteiger partial charge on any atom is -0.392 e. The molecule has 2 rings (SSSR count). The van der Waals surface area contributed by atoms with Gasteiger partial charge in [-0.1, -0.05) is 104 Å². The topological polar surface area (TPSA) is 40.5 Å². The third kappa shape index (κ3) is 3.30. The molecule has 0 amide bonds. The summed E-state index contributed by atoms with van der Waals surface area (Å²) in [4.78, 5) is 0. The van der Waals surface area contributed by atoms with E-state index in [4.69, 9.17) is 0 Å². The van der Waals surface area contributed by atoms with E-state index in [1.807, 2.05) is 48.6 Å². The van der Waals surface area contributed by atoms with Crippen molar-refractivity contribution >= 4 is 6.08 Å². The summed E-state index contributed by atoms with van der Waals surface area (Å²) in [6.45, 7) is 16.9. The van der Waals surface area contributed by atoms with Crippen LogP contribution in [0.3, 0.4) is 0 Å². The normalized spacial score (nSPS) is 26.0. The lowest BCUT2D eigenvalue weighted by Crippen LogP contribution is -2.66. The van der Waals surface area contributed by atoms with Gasteiger partial charge in [0, 0.05) is 10.8 Å². The average molecular weight is 357 g/mol. The average Bonchev–Trinajstić information content (AvgIpc) is 2.48. The Hall–Kier alpha value is -1.38. The first-order valence-corrected chi connectivity index (χ1v) is 9.57. The lowest BCUT2D eigenvalue weighted by Gasteiger charge is -2.63. The van der Waals surface area contributed by atoms with Crippen LogP contribution in [0.4, 0.5) is 0 Å². The van der Waals surface area contributed by atoms with Crippen molar-refractivity contribution in [1.82, 2.24) is 0 Å². The third-order valence-electron chi connectivity index (χ3n) is 6.17. The highest BCUT2D eigenvalue weighted by atomic mass is 16.3. The van der Waals surface area contributed by atoms with Gasteiger partial charge in [-0.05, 0) is 22.0 Å². The van der Waals surface area contributed by atoms with Crippen molar-refractivity contribution < 1.29 is 10.2 Å². The first-order valence-electron chi connectivity index (χ1n) is 9.57. The first kappa shape index (κ1) is 20.9. The summed E-state index contributed by atoms with van der Waals surface area (Å²) in [5.74, 6) is 0. The third-order valence-corrected chi connectivity index (χ3v) is 6.17. The van der Waals surface area contributed by atoms with Crippen LogP contribution in [0.1, 0.15) is 61.0 Å². The van der Waals surface area contributed by atoms with Gasteiger partial charge in [-0.15, -0.1) is 0 Å². The second-order valence-electron chi connectivity index (χ2n) is 10.4. The van der Waals surface area contributed by atoms with Crippen molar-refractivity contribution in [1.29, 1.82) is 0 Å². The Bertz CT molecular complexity index is 667. The molecule has 0 saturated carbocycles. The zero-order valence-corrected chi connectivity index (χ0v) is 17.7. The fourth-order valence-electron chi connectivity index (χ4n) is 5.25.